The number of carbonyl (C=O) groups is 2. The van der Waals surface area contributed by atoms with E-state index in [0.717, 1.165) is 16.7 Å². The summed E-state index contributed by atoms with van der Waals surface area (Å²) in [5, 5.41) is 15.1. The maximum absolute atomic E-state index is 12.8. The van der Waals surface area contributed by atoms with Gasteiger partial charge in [0.25, 0.3) is 5.91 Å². The van der Waals surface area contributed by atoms with Gasteiger partial charge in [-0.05, 0) is 59.7 Å². The van der Waals surface area contributed by atoms with Gasteiger partial charge in [-0.1, -0.05) is 19.1 Å². The molecule has 4 aromatic rings. The van der Waals surface area contributed by atoms with Crippen LogP contribution in [0.25, 0.3) is 16.7 Å². The zero-order valence-corrected chi connectivity index (χ0v) is 18.7. The number of nitrogens with zero attached hydrogens (tertiary/aromatic N) is 6. The van der Waals surface area contributed by atoms with Gasteiger partial charge in [-0.3, -0.25) is 9.59 Å². The quantitative estimate of drug-likeness (QED) is 0.410. The van der Waals surface area contributed by atoms with E-state index in [1.54, 1.807) is 28.6 Å². The van der Waals surface area contributed by atoms with Crippen molar-refractivity contribution < 1.29 is 14.3 Å². The number of para-hydroxylation sites is 2. The fourth-order valence-electron chi connectivity index (χ4n) is 3.65. The van der Waals surface area contributed by atoms with Crippen LogP contribution in [0.5, 0.6) is 0 Å². The highest BCUT2D eigenvalue weighted by Crippen LogP contribution is 2.23. The molecule has 10 nitrogen and oxygen atoms in total. The van der Waals surface area contributed by atoms with Crippen LogP contribution in [-0.2, 0) is 9.53 Å². The lowest BCUT2D eigenvalue weighted by Gasteiger charge is -2.20. The van der Waals surface area contributed by atoms with Crippen molar-refractivity contribution in [2.24, 2.45) is 5.92 Å². The molecule has 0 saturated carbocycles. The van der Waals surface area contributed by atoms with Gasteiger partial charge in [0.1, 0.15) is 0 Å². The zero-order chi connectivity index (χ0) is 23.4. The number of rotatable bonds is 8. The number of benzene rings is 2. The topological polar surface area (TPSA) is 115 Å². The standard InChI is InChI=1S/C23H25N7O3/c1-4-15(23(32)33-3)13-14-29(2)22(31)16-9-11-17(12-10-16)24-20-21-26-27-28-30(21)19-8-6-5-7-18(19)25-20/h5-12,15H,4,13-14H2,1-3H3,(H,24,25). The number of anilines is 2. The SMILES string of the molecule is CCC(CCN(C)C(=O)c1ccc(Nc2nc3ccccc3n3nnnc23)cc1)C(=O)OC. The van der Waals surface area contributed by atoms with Crippen LogP contribution >= 0.6 is 0 Å². The van der Waals surface area contributed by atoms with Gasteiger partial charge < -0.3 is 15.0 Å². The number of hydrogen-bond acceptors (Lipinski definition) is 8. The maximum atomic E-state index is 12.8. The van der Waals surface area contributed by atoms with Crippen LogP contribution in [0.3, 0.4) is 0 Å². The molecule has 2 aromatic carbocycles. The Morgan fingerprint density at radius 3 is 2.64 bits per heavy atom. The Kier molecular flexibility index (Phi) is 6.43. The summed E-state index contributed by atoms with van der Waals surface area (Å²) in [5.41, 5.74) is 3.37. The van der Waals surface area contributed by atoms with Gasteiger partial charge in [0.05, 0.1) is 24.1 Å². The molecule has 1 amide bonds. The van der Waals surface area contributed by atoms with Crippen molar-refractivity contribution in [2.75, 3.05) is 26.0 Å². The van der Waals surface area contributed by atoms with Gasteiger partial charge >= 0.3 is 5.97 Å². The number of nitrogens with one attached hydrogen (secondary N) is 1. The molecule has 0 radical (unpaired) electrons. The van der Waals surface area contributed by atoms with Gasteiger partial charge in [-0.2, -0.15) is 4.52 Å². The molecule has 0 aliphatic rings. The van der Waals surface area contributed by atoms with Crippen molar-refractivity contribution in [2.45, 2.75) is 19.8 Å². The highest BCUT2D eigenvalue weighted by molar-refractivity contribution is 5.94. The van der Waals surface area contributed by atoms with Gasteiger partial charge in [-0.15, -0.1) is 5.10 Å². The summed E-state index contributed by atoms with van der Waals surface area (Å²) in [7, 11) is 3.11. The molecule has 2 heterocycles. The van der Waals surface area contributed by atoms with E-state index in [1.807, 2.05) is 43.3 Å². The lowest BCUT2D eigenvalue weighted by atomic mass is 10.0. The first-order valence-corrected chi connectivity index (χ1v) is 10.7. The molecule has 170 valence electrons. The van der Waals surface area contributed by atoms with E-state index in [1.165, 1.54) is 7.11 Å². The summed E-state index contributed by atoms with van der Waals surface area (Å²) >= 11 is 0. The number of ether oxygens (including phenoxy) is 1. The Morgan fingerprint density at radius 1 is 1.15 bits per heavy atom. The van der Waals surface area contributed by atoms with Gasteiger partial charge in [-0.25, -0.2) is 4.98 Å². The monoisotopic (exact) mass is 447 g/mol. The fraction of sp³-hybridized carbons (Fsp3) is 0.304. The van der Waals surface area contributed by atoms with E-state index < -0.39 is 0 Å². The van der Waals surface area contributed by atoms with Gasteiger partial charge in [0, 0.05) is 24.8 Å². The Morgan fingerprint density at radius 2 is 1.91 bits per heavy atom. The molecule has 0 aliphatic carbocycles. The number of hydrogen-bond donors (Lipinski definition) is 1. The minimum absolute atomic E-state index is 0.117. The molecule has 0 spiro atoms. The largest absolute Gasteiger partial charge is 0.469 e. The Hall–Kier alpha value is -4.08. The minimum atomic E-state index is -0.243. The van der Waals surface area contributed by atoms with E-state index in [2.05, 4.69) is 25.8 Å². The molecule has 10 heteroatoms. The summed E-state index contributed by atoms with van der Waals surface area (Å²) in [6, 6.07) is 14.7. The van der Waals surface area contributed by atoms with Gasteiger partial charge in [0.2, 0.25) is 5.65 Å². The third-order valence-corrected chi connectivity index (χ3v) is 5.61. The first-order chi connectivity index (χ1) is 16.0. The van der Waals surface area contributed by atoms with Crippen molar-refractivity contribution >= 4 is 40.1 Å². The molecule has 2 aromatic heterocycles. The first-order valence-electron chi connectivity index (χ1n) is 10.7. The van der Waals surface area contributed by atoms with Crippen LogP contribution in [0.1, 0.15) is 30.1 Å². The highest BCUT2D eigenvalue weighted by atomic mass is 16.5. The van der Waals surface area contributed by atoms with Crippen LogP contribution < -0.4 is 5.32 Å². The molecule has 1 N–H and O–H groups in total. The summed E-state index contributed by atoms with van der Waals surface area (Å²) in [6.07, 6.45) is 1.23. The van der Waals surface area contributed by atoms with Crippen LogP contribution in [-0.4, -0.2) is 62.5 Å². The molecule has 4 rings (SSSR count). The van der Waals surface area contributed by atoms with E-state index in [9.17, 15) is 9.59 Å². The summed E-state index contributed by atoms with van der Waals surface area (Å²) in [4.78, 5) is 30.8. The Labute approximate surface area is 190 Å². The Balaban J connectivity index is 1.47. The average Bonchev–Trinajstić information content (AvgIpc) is 3.35. The molecule has 1 atom stereocenters. The second kappa shape index (κ2) is 9.60. The second-order valence-electron chi connectivity index (χ2n) is 7.71. The fourth-order valence-corrected chi connectivity index (χ4v) is 3.65. The van der Waals surface area contributed by atoms with Crippen LogP contribution in [0.2, 0.25) is 0 Å². The summed E-state index contributed by atoms with van der Waals surface area (Å²) in [6.45, 7) is 2.40. The molecule has 0 bridgehead atoms. The predicted molar refractivity (Wildman–Crippen MR) is 123 cm³/mol. The van der Waals surface area contributed by atoms with E-state index in [-0.39, 0.29) is 17.8 Å². The van der Waals surface area contributed by atoms with E-state index >= 15 is 0 Å². The number of amides is 1. The number of carbonyl (C=O) groups excluding carboxylic acids is 2. The first kappa shape index (κ1) is 22.1. The van der Waals surface area contributed by atoms with Crippen LogP contribution in [0.15, 0.2) is 48.5 Å². The average molecular weight is 447 g/mol. The normalized spacial score (nSPS) is 12.0. The highest BCUT2D eigenvalue weighted by Gasteiger charge is 2.19. The van der Waals surface area contributed by atoms with Crippen molar-refractivity contribution in [3.05, 3.63) is 54.1 Å². The number of fused-ring (bicyclic) bond motifs is 3. The van der Waals surface area contributed by atoms with E-state index in [0.29, 0.717) is 36.4 Å². The van der Waals surface area contributed by atoms with Crippen molar-refractivity contribution in [3.8, 4) is 0 Å². The molecular formula is C23H25N7O3. The summed E-state index contributed by atoms with van der Waals surface area (Å²) < 4.78 is 6.45. The lowest BCUT2D eigenvalue weighted by Crippen LogP contribution is -2.30. The van der Waals surface area contributed by atoms with Crippen LogP contribution in [0, 0.1) is 5.92 Å². The molecule has 1 unspecified atom stereocenters. The molecule has 0 aliphatic heterocycles. The number of aromatic nitrogens is 5. The summed E-state index contributed by atoms with van der Waals surface area (Å²) in [5.74, 6) is -0.0553. The van der Waals surface area contributed by atoms with Crippen molar-refractivity contribution in [1.82, 2.24) is 29.9 Å². The van der Waals surface area contributed by atoms with Crippen LogP contribution in [0.4, 0.5) is 11.5 Å². The predicted octanol–water partition coefficient (Wildman–Crippen LogP) is 3.08. The number of esters is 1. The zero-order valence-electron chi connectivity index (χ0n) is 18.7. The molecule has 0 saturated heterocycles. The van der Waals surface area contributed by atoms with Crippen molar-refractivity contribution in [1.29, 1.82) is 0 Å². The Bertz CT molecular complexity index is 1290. The second-order valence-corrected chi connectivity index (χ2v) is 7.71. The molecule has 0 fully saturated rings. The minimum Gasteiger partial charge on any atom is -0.469 e. The lowest BCUT2D eigenvalue weighted by molar-refractivity contribution is -0.145. The smallest absolute Gasteiger partial charge is 0.308 e. The van der Waals surface area contributed by atoms with E-state index in [4.69, 9.17) is 4.74 Å². The van der Waals surface area contributed by atoms with Crippen molar-refractivity contribution in [3.63, 3.8) is 0 Å². The third-order valence-electron chi connectivity index (χ3n) is 5.61. The third kappa shape index (κ3) is 4.59. The number of methoxy groups -OCH3 is 1. The number of tetrazole rings is 1. The maximum Gasteiger partial charge on any atom is 0.308 e. The van der Waals surface area contributed by atoms with Gasteiger partial charge in [0.15, 0.2) is 5.82 Å². The molecular weight excluding hydrogens is 422 g/mol. The molecule has 33 heavy (non-hydrogen) atoms.